The highest BCUT2D eigenvalue weighted by molar-refractivity contribution is 7.25. The highest BCUT2D eigenvalue weighted by Gasteiger charge is 2.11. The molecule has 2 aromatic carbocycles. The molecule has 0 spiro atoms. The molecule has 0 saturated carbocycles. The fourth-order valence-electron chi connectivity index (χ4n) is 2.70. The average Bonchev–Trinajstić information content (AvgIpc) is 2.97. The molecule has 2 heterocycles. The number of hydrogen-bond acceptors (Lipinski definition) is 4. The Balaban J connectivity index is 1.83. The second-order valence-corrected chi connectivity index (χ2v) is 6.36. The smallest absolute Gasteiger partial charge is 0.271 e. The molecule has 114 valence electrons. The standard InChI is InChI=1S/C18H14N2O2S/c1-22-13-6-4-5-12(9-13)10-20-11-19-16-14-7-2-3-8-15(14)23-17(16)18(20)21/h2-9,11H,10H2,1H3. The minimum atomic E-state index is -0.000908. The molecule has 0 fully saturated rings. The van der Waals surface area contributed by atoms with Crippen LogP contribution < -0.4 is 10.3 Å². The number of fused-ring (bicyclic) bond motifs is 3. The molecule has 0 aliphatic carbocycles. The van der Waals surface area contributed by atoms with Gasteiger partial charge in [0.2, 0.25) is 0 Å². The minimum absolute atomic E-state index is 0.000908. The van der Waals surface area contributed by atoms with Gasteiger partial charge < -0.3 is 4.74 Å². The van der Waals surface area contributed by atoms with Gasteiger partial charge in [0, 0.05) is 10.1 Å². The predicted octanol–water partition coefficient (Wildman–Crippen LogP) is 3.67. The summed E-state index contributed by atoms with van der Waals surface area (Å²) in [6.07, 6.45) is 1.63. The molecule has 4 rings (SSSR count). The van der Waals surface area contributed by atoms with Crippen LogP contribution in [0, 0.1) is 0 Å². The first kappa shape index (κ1) is 14.0. The molecule has 5 heteroatoms. The van der Waals surface area contributed by atoms with Crippen molar-refractivity contribution in [1.82, 2.24) is 9.55 Å². The Morgan fingerprint density at radius 2 is 2.04 bits per heavy atom. The molecule has 0 amide bonds. The molecule has 0 saturated heterocycles. The quantitative estimate of drug-likeness (QED) is 0.578. The third kappa shape index (κ3) is 2.39. The second-order valence-electron chi connectivity index (χ2n) is 5.31. The van der Waals surface area contributed by atoms with Crippen molar-refractivity contribution in [3.63, 3.8) is 0 Å². The normalized spacial score (nSPS) is 11.2. The van der Waals surface area contributed by atoms with Gasteiger partial charge in [-0.2, -0.15) is 0 Å². The van der Waals surface area contributed by atoms with Crippen LogP contribution in [0.1, 0.15) is 5.56 Å². The number of ether oxygens (including phenoxy) is 1. The van der Waals surface area contributed by atoms with Gasteiger partial charge in [0.25, 0.3) is 5.56 Å². The second kappa shape index (κ2) is 5.52. The molecule has 2 aromatic heterocycles. The molecule has 0 bridgehead atoms. The summed E-state index contributed by atoms with van der Waals surface area (Å²) in [6.45, 7) is 0.479. The maximum absolute atomic E-state index is 12.8. The van der Waals surface area contributed by atoms with E-state index in [4.69, 9.17) is 4.74 Å². The van der Waals surface area contributed by atoms with Gasteiger partial charge in [0.1, 0.15) is 10.4 Å². The third-order valence-electron chi connectivity index (χ3n) is 3.84. The van der Waals surface area contributed by atoms with Crippen LogP contribution in [0.25, 0.3) is 20.3 Å². The largest absolute Gasteiger partial charge is 0.497 e. The van der Waals surface area contributed by atoms with E-state index in [9.17, 15) is 4.79 Å². The topological polar surface area (TPSA) is 44.1 Å². The number of rotatable bonds is 3. The van der Waals surface area contributed by atoms with E-state index in [-0.39, 0.29) is 5.56 Å². The van der Waals surface area contributed by atoms with Crippen LogP contribution in [0.15, 0.2) is 59.7 Å². The van der Waals surface area contributed by atoms with Gasteiger partial charge in [-0.1, -0.05) is 30.3 Å². The van der Waals surface area contributed by atoms with Crippen molar-refractivity contribution in [3.05, 3.63) is 70.8 Å². The first-order valence-corrected chi connectivity index (χ1v) is 8.07. The average molecular weight is 322 g/mol. The molecular weight excluding hydrogens is 308 g/mol. The van der Waals surface area contributed by atoms with E-state index >= 15 is 0 Å². The van der Waals surface area contributed by atoms with Gasteiger partial charge in [0.15, 0.2) is 0 Å². The van der Waals surface area contributed by atoms with Crippen LogP contribution >= 0.6 is 11.3 Å². The zero-order chi connectivity index (χ0) is 15.8. The summed E-state index contributed by atoms with van der Waals surface area (Å²) in [5.74, 6) is 0.784. The molecule has 23 heavy (non-hydrogen) atoms. The van der Waals surface area contributed by atoms with Crippen molar-refractivity contribution in [2.24, 2.45) is 0 Å². The van der Waals surface area contributed by atoms with Gasteiger partial charge in [-0.3, -0.25) is 9.36 Å². The molecule has 4 aromatic rings. The lowest BCUT2D eigenvalue weighted by Gasteiger charge is -2.07. The van der Waals surface area contributed by atoms with Crippen molar-refractivity contribution in [2.75, 3.05) is 7.11 Å². The molecular formula is C18H14N2O2S. The van der Waals surface area contributed by atoms with Gasteiger partial charge in [-0.05, 0) is 23.8 Å². The lowest BCUT2D eigenvalue weighted by molar-refractivity contribution is 0.414. The fourth-order valence-corrected chi connectivity index (χ4v) is 3.80. The molecule has 0 aliphatic rings. The SMILES string of the molecule is COc1cccc(Cn2cnc3c(sc4ccccc43)c2=O)c1. The first-order valence-electron chi connectivity index (χ1n) is 7.26. The summed E-state index contributed by atoms with van der Waals surface area (Å²) in [5.41, 5.74) is 1.80. The van der Waals surface area contributed by atoms with E-state index in [0.717, 1.165) is 26.9 Å². The highest BCUT2D eigenvalue weighted by Crippen LogP contribution is 2.29. The van der Waals surface area contributed by atoms with Gasteiger partial charge in [-0.25, -0.2) is 4.98 Å². The molecule has 0 aliphatic heterocycles. The lowest BCUT2D eigenvalue weighted by Crippen LogP contribution is -2.20. The number of hydrogen-bond donors (Lipinski definition) is 0. The Morgan fingerprint density at radius 3 is 2.91 bits per heavy atom. The number of nitrogens with zero attached hydrogens (tertiary/aromatic N) is 2. The van der Waals surface area contributed by atoms with Crippen LogP contribution in [-0.4, -0.2) is 16.7 Å². The van der Waals surface area contributed by atoms with E-state index < -0.39 is 0 Å². The number of aromatic nitrogens is 2. The van der Waals surface area contributed by atoms with E-state index in [1.165, 1.54) is 11.3 Å². The zero-order valence-electron chi connectivity index (χ0n) is 12.5. The van der Waals surface area contributed by atoms with Crippen LogP contribution in [0.5, 0.6) is 5.75 Å². The Labute approximate surface area is 136 Å². The maximum atomic E-state index is 12.8. The Morgan fingerprint density at radius 1 is 1.17 bits per heavy atom. The van der Waals surface area contributed by atoms with Crippen LogP contribution in [0.3, 0.4) is 0 Å². The van der Waals surface area contributed by atoms with Gasteiger partial charge in [0.05, 0.1) is 25.5 Å². The minimum Gasteiger partial charge on any atom is -0.497 e. The summed E-state index contributed by atoms with van der Waals surface area (Å²) in [4.78, 5) is 17.3. The van der Waals surface area contributed by atoms with Crippen molar-refractivity contribution < 1.29 is 4.74 Å². The Hall–Kier alpha value is -2.66. The van der Waals surface area contributed by atoms with Crippen molar-refractivity contribution in [1.29, 1.82) is 0 Å². The molecule has 0 N–H and O–H groups in total. The lowest BCUT2D eigenvalue weighted by atomic mass is 10.2. The van der Waals surface area contributed by atoms with Gasteiger partial charge in [-0.15, -0.1) is 11.3 Å². The molecule has 0 unspecified atom stereocenters. The van der Waals surface area contributed by atoms with Crippen molar-refractivity contribution in [2.45, 2.75) is 6.54 Å². The Bertz CT molecular complexity index is 1070. The summed E-state index contributed by atoms with van der Waals surface area (Å²) in [5, 5.41) is 1.04. The van der Waals surface area contributed by atoms with E-state index in [1.54, 1.807) is 18.0 Å². The number of methoxy groups -OCH3 is 1. The summed E-state index contributed by atoms with van der Waals surface area (Å²) >= 11 is 1.50. The summed E-state index contributed by atoms with van der Waals surface area (Å²) < 4.78 is 8.67. The number of thiophene rings is 1. The monoisotopic (exact) mass is 322 g/mol. The highest BCUT2D eigenvalue weighted by atomic mass is 32.1. The predicted molar refractivity (Wildman–Crippen MR) is 93.5 cm³/mol. The van der Waals surface area contributed by atoms with Crippen molar-refractivity contribution in [3.8, 4) is 5.75 Å². The Kier molecular flexibility index (Phi) is 3.35. The number of benzene rings is 2. The van der Waals surface area contributed by atoms with E-state index in [1.807, 2.05) is 48.5 Å². The summed E-state index contributed by atoms with van der Waals surface area (Å²) in [7, 11) is 1.64. The summed E-state index contributed by atoms with van der Waals surface area (Å²) in [6, 6.07) is 15.7. The van der Waals surface area contributed by atoms with Gasteiger partial charge >= 0.3 is 0 Å². The zero-order valence-corrected chi connectivity index (χ0v) is 13.3. The first-order chi connectivity index (χ1) is 11.3. The van der Waals surface area contributed by atoms with Crippen LogP contribution in [-0.2, 0) is 6.54 Å². The van der Waals surface area contributed by atoms with Crippen molar-refractivity contribution >= 4 is 31.6 Å². The van der Waals surface area contributed by atoms with E-state index in [0.29, 0.717) is 11.2 Å². The third-order valence-corrected chi connectivity index (χ3v) is 4.99. The van der Waals surface area contributed by atoms with E-state index in [2.05, 4.69) is 4.98 Å². The molecule has 0 radical (unpaired) electrons. The molecule has 4 nitrogen and oxygen atoms in total. The van der Waals surface area contributed by atoms with Crippen LogP contribution in [0.4, 0.5) is 0 Å². The maximum Gasteiger partial charge on any atom is 0.271 e. The van der Waals surface area contributed by atoms with Crippen LogP contribution in [0.2, 0.25) is 0 Å². The molecule has 0 atom stereocenters. The fraction of sp³-hybridized carbons (Fsp3) is 0.111.